The second-order valence-corrected chi connectivity index (χ2v) is 4.83. The summed E-state index contributed by atoms with van der Waals surface area (Å²) in [5.41, 5.74) is 0.0144. The average Bonchev–Trinajstić information content (AvgIpc) is 2.84. The molecule has 0 bridgehead atoms. The Bertz CT molecular complexity index is 454. The molecule has 0 amide bonds. The van der Waals surface area contributed by atoms with Gasteiger partial charge in [-0.2, -0.15) is 0 Å². The Morgan fingerprint density at radius 3 is 2.81 bits per heavy atom. The summed E-state index contributed by atoms with van der Waals surface area (Å²) >= 11 is 3.42. The van der Waals surface area contributed by atoms with Crippen LogP contribution in [-0.2, 0) is 5.60 Å². The summed E-state index contributed by atoms with van der Waals surface area (Å²) in [5, 5.41) is 10.2. The summed E-state index contributed by atoms with van der Waals surface area (Å²) in [7, 11) is 1.58. The van der Waals surface area contributed by atoms with E-state index in [0.29, 0.717) is 21.7 Å². The van der Waals surface area contributed by atoms with Gasteiger partial charge in [-0.3, -0.25) is 0 Å². The molecule has 1 heterocycles. The fourth-order valence-electron chi connectivity index (χ4n) is 1.92. The second kappa shape index (κ2) is 3.28. The maximum absolute atomic E-state index is 10.2. The normalized spacial score (nSPS) is 19.7. The van der Waals surface area contributed by atoms with Crippen LogP contribution in [0.4, 0.5) is 0 Å². The largest absolute Gasteiger partial charge is 0.495 e. The molecule has 0 aromatic heterocycles. The molecule has 4 nitrogen and oxygen atoms in total. The van der Waals surface area contributed by atoms with Crippen LogP contribution in [0.2, 0.25) is 0 Å². The summed E-state index contributed by atoms with van der Waals surface area (Å²) < 4.78 is 16.7. The van der Waals surface area contributed by atoms with Gasteiger partial charge in [0.05, 0.1) is 12.7 Å². The van der Waals surface area contributed by atoms with E-state index in [1.165, 1.54) is 0 Å². The third kappa shape index (κ3) is 1.31. The highest BCUT2D eigenvalue weighted by molar-refractivity contribution is 9.10. The van der Waals surface area contributed by atoms with E-state index in [2.05, 4.69) is 15.9 Å². The van der Waals surface area contributed by atoms with Gasteiger partial charge in [-0.15, -0.1) is 0 Å². The molecule has 86 valence electrons. The van der Waals surface area contributed by atoms with Crippen LogP contribution in [0.1, 0.15) is 18.4 Å². The zero-order valence-corrected chi connectivity index (χ0v) is 10.3. The predicted molar refractivity (Wildman–Crippen MR) is 59.9 cm³/mol. The monoisotopic (exact) mass is 286 g/mol. The van der Waals surface area contributed by atoms with Gasteiger partial charge in [0.2, 0.25) is 6.79 Å². The van der Waals surface area contributed by atoms with Gasteiger partial charge in [-0.25, -0.2) is 0 Å². The van der Waals surface area contributed by atoms with E-state index in [0.717, 1.165) is 18.4 Å². The average molecular weight is 287 g/mol. The Morgan fingerprint density at radius 2 is 2.19 bits per heavy atom. The molecule has 1 N–H and O–H groups in total. The van der Waals surface area contributed by atoms with Crippen LogP contribution in [0, 0.1) is 0 Å². The topological polar surface area (TPSA) is 47.9 Å². The number of fused-ring (bicyclic) bond motifs is 1. The van der Waals surface area contributed by atoms with Gasteiger partial charge in [0.25, 0.3) is 0 Å². The lowest BCUT2D eigenvalue weighted by molar-refractivity contribution is 0.146. The third-order valence-electron chi connectivity index (χ3n) is 2.99. The van der Waals surface area contributed by atoms with Crippen LogP contribution >= 0.6 is 15.9 Å². The molecule has 1 aromatic carbocycles. The van der Waals surface area contributed by atoms with Gasteiger partial charge in [0, 0.05) is 5.56 Å². The van der Waals surface area contributed by atoms with Crippen molar-refractivity contribution in [2.24, 2.45) is 0 Å². The van der Waals surface area contributed by atoms with Crippen molar-refractivity contribution in [2.45, 2.75) is 18.4 Å². The molecular weight excluding hydrogens is 276 g/mol. The lowest BCUT2D eigenvalue weighted by Crippen LogP contribution is -2.07. The molecule has 0 radical (unpaired) electrons. The SMILES string of the molecule is COc1c(C2(O)CC2)cc2c(c1Br)OCO2. The van der Waals surface area contributed by atoms with Crippen LogP contribution < -0.4 is 14.2 Å². The maximum Gasteiger partial charge on any atom is 0.231 e. The van der Waals surface area contributed by atoms with Gasteiger partial charge in [-0.05, 0) is 34.8 Å². The number of hydrogen-bond donors (Lipinski definition) is 1. The minimum absolute atomic E-state index is 0.207. The highest BCUT2D eigenvalue weighted by atomic mass is 79.9. The second-order valence-electron chi connectivity index (χ2n) is 4.04. The van der Waals surface area contributed by atoms with Gasteiger partial charge in [0.15, 0.2) is 11.5 Å². The van der Waals surface area contributed by atoms with Crippen molar-refractivity contribution in [1.29, 1.82) is 0 Å². The highest BCUT2D eigenvalue weighted by Crippen LogP contribution is 2.55. The fraction of sp³-hybridized carbons (Fsp3) is 0.455. The van der Waals surface area contributed by atoms with Crippen LogP contribution in [0.5, 0.6) is 17.2 Å². The minimum Gasteiger partial charge on any atom is -0.495 e. The molecule has 0 unspecified atom stereocenters. The van der Waals surface area contributed by atoms with Crippen molar-refractivity contribution in [1.82, 2.24) is 0 Å². The van der Waals surface area contributed by atoms with Gasteiger partial charge in [-0.1, -0.05) is 0 Å². The Labute approximate surface area is 101 Å². The number of rotatable bonds is 2. The summed E-state index contributed by atoms with van der Waals surface area (Å²) in [6.07, 6.45) is 1.52. The van der Waals surface area contributed by atoms with Gasteiger partial charge >= 0.3 is 0 Å². The zero-order chi connectivity index (χ0) is 11.3. The molecule has 1 aliphatic heterocycles. The molecule has 0 saturated heterocycles. The van der Waals surface area contributed by atoms with Crippen molar-refractivity contribution in [3.8, 4) is 17.2 Å². The number of ether oxygens (including phenoxy) is 3. The van der Waals surface area contributed by atoms with Gasteiger partial charge in [0.1, 0.15) is 10.2 Å². The van der Waals surface area contributed by atoms with E-state index in [4.69, 9.17) is 14.2 Å². The first kappa shape index (κ1) is 10.2. The fourth-order valence-corrected chi connectivity index (χ4v) is 2.60. The Morgan fingerprint density at radius 1 is 1.44 bits per heavy atom. The molecule has 2 aliphatic rings. The van der Waals surface area contributed by atoms with Crippen molar-refractivity contribution in [3.05, 3.63) is 16.1 Å². The Hall–Kier alpha value is -0.940. The van der Waals surface area contributed by atoms with E-state index in [9.17, 15) is 5.11 Å². The van der Waals surface area contributed by atoms with Crippen LogP contribution in [0.3, 0.4) is 0 Å². The van der Waals surface area contributed by atoms with Crippen LogP contribution in [-0.4, -0.2) is 19.0 Å². The molecule has 1 fully saturated rings. The summed E-state index contributed by atoms with van der Waals surface area (Å²) in [4.78, 5) is 0. The summed E-state index contributed by atoms with van der Waals surface area (Å²) in [5.74, 6) is 1.93. The first-order chi connectivity index (χ1) is 7.65. The number of aliphatic hydroxyl groups is 1. The van der Waals surface area contributed by atoms with Crippen molar-refractivity contribution in [3.63, 3.8) is 0 Å². The van der Waals surface area contributed by atoms with E-state index in [-0.39, 0.29) is 6.79 Å². The lowest BCUT2D eigenvalue weighted by Gasteiger charge is -2.16. The van der Waals surface area contributed by atoms with Crippen molar-refractivity contribution >= 4 is 15.9 Å². The van der Waals surface area contributed by atoms with E-state index in [1.807, 2.05) is 0 Å². The van der Waals surface area contributed by atoms with Crippen LogP contribution in [0.25, 0.3) is 0 Å². The first-order valence-electron chi connectivity index (χ1n) is 5.05. The summed E-state index contributed by atoms with van der Waals surface area (Å²) in [6.45, 7) is 0.207. The lowest BCUT2D eigenvalue weighted by atomic mass is 10.1. The molecule has 0 spiro atoms. The third-order valence-corrected chi connectivity index (χ3v) is 3.71. The molecule has 1 aliphatic carbocycles. The maximum atomic E-state index is 10.2. The Kier molecular flexibility index (Phi) is 2.09. The van der Waals surface area contributed by atoms with Crippen molar-refractivity contribution < 1.29 is 19.3 Å². The number of methoxy groups -OCH3 is 1. The van der Waals surface area contributed by atoms with E-state index < -0.39 is 5.60 Å². The summed E-state index contributed by atoms with van der Waals surface area (Å²) in [6, 6.07) is 1.80. The quantitative estimate of drug-likeness (QED) is 0.905. The first-order valence-corrected chi connectivity index (χ1v) is 5.84. The minimum atomic E-state index is -0.755. The molecule has 0 atom stereocenters. The van der Waals surface area contributed by atoms with Crippen molar-refractivity contribution in [2.75, 3.05) is 13.9 Å². The Balaban J connectivity index is 2.21. The smallest absolute Gasteiger partial charge is 0.231 e. The van der Waals surface area contributed by atoms with Crippen LogP contribution in [0.15, 0.2) is 10.5 Å². The van der Waals surface area contributed by atoms with Gasteiger partial charge < -0.3 is 19.3 Å². The molecule has 5 heteroatoms. The molecule has 1 saturated carbocycles. The molecular formula is C11H11BrO4. The number of benzene rings is 1. The number of halogens is 1. The highest BCUT2D eigenvalue weighted by Gasteiger charge is 2.46. The molecule has 16 heavy (non-hydrogen) atoms. The zero-order valence-electron chi connectivity index (χ0n) is 8.75. The standard InChI is InChI=1S/C11H11BrO4/c1-14-9-6(11(13)2-3-11)4-7-10(8(9)12)16-5-15-7/h4,13H,2-3,5H2,1H3. The predicted octanol–water partition coefficient (Wildman–Crippen LogP) is 2.17. The number of hydrogen-bond acceptors (Lipinski definition) is 4. The molecule has 1 aromatic rings. The van der Waals surface area contributed by atoms with E-state index >= 15 is 0 Å². The molecule has 3 rings (SSSR count). The van der Waals surface area contributed by atoms with E-state index in [1.54, 1.807) is 13.2 Å².